The van der Waals surface area contributed by atoms with Gasteiger partial charge < -0.3 is 10.2 Å². The second-order valence-electron chi connectivity index (χ2n) is 10.4. The third-order valence-electron chi connectivity index (χ3n) is 7.57. The molecular formula is C31H36ClN3O4S. The van der Waals surface area contributed by atoms with Gasteiger partial charge in [0.15, 0.2) is 0 Å². The third-order valence-corrected chi connectivity index (χ3v) is 9.57. The number of rotatable bonds is 10. The van der Waals surface area contributed by atoms with Gasteiger partial charge in [-0.2, -0.15) is 0 Å². The minimum Gasteiger partial charge on any atom is -0.352 e. The molecule has 1 fully saturated rings. The highest BCUT2D eigenvalue weighted by atomic mass is 35.5. The van der Waals surface area contributed by atoms with E-state index in [2.05, 4.69) is 5.32 Å². The zero-order valence-electron chi connectivity index (χ0n) is 23.1. The molecule has 212 valence electrons. The summed E-state index contributed by atoms with van der Waals surface area (Å²) in [6.45, 7) is 5.05. The highest BCUT2D eigenvalue weighted by Crippen LogP contribution is 2.29. The summed E-state index contributed by atoms with van der Waals surface area (Å²) in [4.78, 5) is 28.9. The quantitative estimate of drug-likeness (QED) is 0.336. The second-order valence-corrected chi connectivity index (χ2v) is 12.7. The maximum atomic E-state index is 14.1. The molecule has 0 aromatic heterocycles. The highest BCUT2D eigenvalue weighted by Gasteiger charge is 2.34. The molecule has 0 bridgehead atoms. The Morgan fingerprint density at radius 3 is 2.33 bits per heavy atom. The maximum Gasteiger partial charge on any atom is 0.264 e. The van der Waals surface area contributed by atoms with Crippen LogP contribution < -0.4 is 9.62 Å². The fourth-order valence-corrected chi connectivity index (χ4v) is 6.75. The highest BCUT2D eigenvalue weighted by molar-refractivity contribution is 7.92. The number of benzene rings is 3. The minimum atomic E-state index is -4.10. The molecule has 1 aliphatic rings. The first-order valence-electron chi connectivity index (χ1n) is 13.6. The number of aryl methyl sites for hydroxylation is 1. The van der Waals surface area contributed by atoms with Crippen LogP contribution in [0.3, 0.4) is 0 Å². The summed E-state index contributed by atoms with van der Waals surface area (Å²) in [5, 5.41) is 3.59. The molecule has 7 nitrogen and oxygen atoms in total. The lowest BCUT2D eigenvalue weighted by molar-refractivity contribution is -0.139. The van der Waals surface area contributed by atoms with E-state index in [9.17, 15) is 18.0 Å². The van der Waals surface area contributed by atoms with E-state index >= 15 is 0 Å². The zero-order chi connectivity index (χ0) is 28.9. The number of nitrogens with one attached hydrogen (secondary N) is 1. The van der Waals surface area contributed by atoms with Crippen LogP contribution in [-0.2, 0) is 26.2 Å². The van der Waals surface area contributed by atoms with Crippen molar-refractivity contribution in [3.63, 3.8) is 0 Å². The van der Waals surface area contributed by atoms with Crippen LogP contribution in [0.1, 0.15) is 49.3 Å². The van der Waals surface area contributed by atoms with Crippen molar-refractivity contribution in [3.8, 4) is 0 Å². The summed E-state index contributed by atoms with van der Waals surface area (Å²) in [5.41, 5.74) is 2.81. The molecule has 0 saturated heterocycles. The van der Waals surface area contributed by atoms with E-state index in [1.165, 1.54) is 17.0 Å². The molecule has 0 heterocycles. The number of hydrogen-bond donors (Lipinski definition) is 1. The van der Waals surface area contributed by atoms with E-state index < -0.39 is 28.5 Å². The van der Waals surface area contributed by atoms with Gasteiger partial charge in [0.05, 0.1) is 10.6 Å². The Kier molecular flexibility index (Phi) is 9.53. The monoisotopic (exact) mass is 581 g/mol. The predicted octanol–water partition coefficient (Wildman–Crippen LogP) is 5.63. The number of halogens is 1. The molecule has 2 amide bonds. The summed E-state index contributed by atoms with van der Waals surface area (Å²) >= 11 is 6.22. The van der Waals surface area contributed by atoms with Crippen molar-refractivity contribution in [3.05, 3.63) is 94.5 Å². The molecule has 3 aromatic carbocycles. The number of carbonyl (C=O) groups excluding carboxylic acids is 2. The average molecular weight is 582 g/mol. The first-order valence-corrected chi connectivity index (χ1v) is 15.4. The van der Waals surface area contributed by atoms with E-state index in [-0.39, 0.29) is 23.4 Å². The van der Waals surface area contributed by atoms with Crippen LogP contribution in [0.2, 0.25) is 5.02 Å². The lowest BCUT2D eigenvalue weighted by Gasteiger charge is -2.33. The van der Waals surface area contributed by atoms with Crippen LogP contribution in [0.25, 0.3) is 0 Å². The summed E-state index contributed by atoms with van der Waals surface area (Å²) < 4.78 is 29.1. The molecule has 1 atom stereocenters. The third kappa shape index (κ3) is 6.85. The number of sulfonamides is 1. The number of nitrogens with zero attached hydrogens (tertiary/aromatic N) is 2. The fourth-order valence-electron chi connectivity index (χ4n) is 5.05. The van der Waals surface area contributed by atoms with Gasteiger partial charge in [-0.15, -0.1) is 0 Å². The van der Waals surface area contributed by atoms with Crippen LogP contribution >= 0.6 is 11.6 Å². The van der Waals surface area contributed by atoms with Gasteiger partial charge >= 0.3 is 0 Å². The zero-order valence-corrected chi connectivity index (χ0v) is 24.7. The SMILES string of the molecule is Cc1cccc(N(CC(=O)N(Cc2cccc(Cl)c2)[C@H](C)C(=O)NC2CCCC2)S(=O)(=O)c2ccccc2)c1C. The van der Waals surface area contributed by atoms with Gasteiger partial charge in [0, 0.05) is 17.6 Å². The first-order chi connectivity index (χ1) is 19.1. The molecule has 0 unspecified atom stereocenters. The molecule has 1 saturated carbocycles. The van der Waals surface area contributed by atoms with E-state index in [1.54, 1.807) is 55.5 Å². The van der Waals surface area contributed by atoms with Gasteiger partial charge in [-0.1, -0.05) is 66.9 Å². The Morgan fingerprint density at radius 1 is 0.975 bits per heavy atom. The topological polar surface area (TPSA) is 86.8 Å². The fraction of sp³-hybridized carbons (Fsp3) is 0.355. The van der Waals surface area contributed by atoms with Crippen molar-refractivity contribution < 1.29 is 18.0 Å². The van der Waals surface area contributed by atoms with Gasteiger partial charge in [-0.3, -0.25) is 13.9 Å². The molecule has 0 spiro atoms. The van der Waals surface area contributed by atoms with Crippen molar-refractivity contribution >= 4 is 39.1 Å². The lowest BCUT2D eigenvalue weighted by atomic mass is 10.1. The van der Waals surface area contributed by atoms with Crippen molar-refractivity contribution in [1.82, 2.24) is 10.2 Å². The number of hydrogen-bond acceptors (Lipinski definition) is 4. The van der Waals surface area contributed by atoms with Crippen LogP contribution in [0, 0.1) is 13.8 Å². The minimum absolute atomic E-state index is 0.0807. The summed E-state index contributed by atoms with van der Waals surface area (Å²) in [5.74, 6) is -0.749. The summed E-state index contributed by atoms with van der Waals surface area (Å²) in [6.07, 6.45) is 3.95. The first kappa shape index (κ1) is 29.6. The normalized spacial score (nSPS) is 14.5. The van der Waals surface area contributed by atoms with E-state index in [0.717, 1.165) is 46.7 Å². The smallest absolute Gasteiger partial charge is 0.264 e. The van der Waals surface area contributed by atoms with Crippen molar-refractivity contribution in [2.45, 2.75) is 70.0 Å². The Morgan fingerprint density at radius 2 is 1.65 bits per heavy atom. The van der Waals surface area contributed by atoms with Crippen LogP contribution in [-0.4, -0.2) is 43.8 Å². The van der Waals surface area contributed by atoms with Crippen molar-refractivity contribution in [2.24, 2.45) is 0 Å². The molecule has 3 aromatic rings. The second kappa shape index (κ2) is 12.9. The van der Waals surface area contributed by atoms with E-state index in [0.29, 0.717) is 10.7 Å². The Labute approximate surface area is 242 Å². The van der Waals surface area contributed by atoms with Crippen LogP contribution in [0.5, 0.6) is 0 Å². The average Bonchev–Trinajstić information content (AvgIpc) is 3.45. The number of amides is 2. The molecule has 0 aliphatic heterocycles. The maximum absolute atomic E-state index is 14.1. The van der Waals surface area contributed by atoms with E-state index in [1.807, 2.05) is 26.0 Å². The van der Waals surface area contributed by atoms with Crippen molar-refractivity contribution in [2.75, 3.05) is 10.8 Å². The van der Waals surface area contributed by atoms with Crippen molar-refractivity contribution in [1.29, 1.82) is 0 Å². The summed E-state index contributed by atoms with van der Waals surface area (Å²) in [6, 6.07) is 19.8. The number of anilines is 1. The Hall–Kier alpha value is -3.36. The molecule has 0 radical (unpaired) electrons. The van der Waals surface area contributed by atoms with Crippen LogP contribution in [0.15, 0.2) is 77.7 Å². The Bertz CT molecular complexity index is 1460. The lowest BCUT2D eigenvalue weighted by Crippen LogP contribution is -2.52. The molecule has 1 aliphatic carbocycles. The molecule has 4 rings (SSSR count). The van der Waals surface area contributed by atoms with Gasteiger partial charge in [0.2, 0.25) is 11.8 Å². The largest absolute Gasteiger partial charge is 0.352 e. The molecule has 1 N–H and O–H groups in total. The standard InChI is InChI=1S/C31H36ClN3O4S/c1-22-11-9-18-29(23(22)2)35(40(38,39)28-16-5-4-6-17-28)21-30(36)34(20-25-12-10-13-26(32)19-25)24(3)31(37)33-27-14-7-8-15-27/h4-6,9-13,16-19,24,27H,7-8,14-15,20-21H2,1-3H3,(H,33,37)/t24-/m1/s1. The van der Waals surface area contributed by atoms with Gasteiger partial charge in [-0.25, -0.2) is 8.42 Å². The summed E-state index contributed by atoms with van der Waals surface area (Å²) in [7, 11) is -4.10. The van der Waals surface area contributed by atoms with Crippen LogP contribution in [0.4, 0.5) is 5.69 Å². The van der Waals surface area contributed by atoms with Gasteiger partial charge in [0.1, 0.15) is 12.6 Å². The number of carbonyl (C=O) groups is 2. The molecule has 9 heteroatoms. The van der Waals surface area contributed by atoms with E-state index in [4.69, 9.17) is 11.6 Å². The Balaban J connectivity index is 1.71. The van der Waals surface area contributed by atoms with Gasteiger partial charge in [0.25, 0.3) is 10.0 Å². The predicted molar refractivity (Wildman–Crippen MR) is 159 cm³/mol. The van der Waals surface area contributed by atoms with Gasteiger partial charge in [-0.05, 0) is 80.6 Å². The molecule has 40 heavy (non-hydrogen) atoms. The molecular weight excluding hydrogens is 546 g/mol.